The monoisotopic (exact) mass is 434 g/mol. The highest BCUT2D eigenvalue weighted by molar-refractivity contribution is 5.87. The van der Waals surface area contributed by atoms with Crippen molar-refractivity contribution in [2.45, 2.75) is 46.1 Å². The number of aromatic nitrogens is 4. The Morgan fingerprint density at radius 2 is 1.75 bits per heavy atom. The van der Waals surface area contributed by atoms with Crippen LogP contribution < -0.4 is 0 Å². The average molecular weight is 435 g/mol. The van der Waals surface area contributed by atoms with E-state index in [1.807, 2.05) is 36.4 Å². The van der Waals surface area contributed by atoms with Gasteiger partial charge in [0.1, 0.15) is 0 Å². The molecule has 1 fully saturated rings. The van der Waals surface area contributed by atoms with Crippen LogP contribution in [0.1, 0.15) is 44.5 Å². The fourth-order valence-electron chi connectivity index (χ4n) is 4.48. The second-order valence-electron chi connectivity index (χ2n) is 8.73. The van der Waals surface area contributed by atoms with Crippen LogP contribution in [0.4, 0.5) is 0 Å². The second kappa shape index (κ2) is 10.3. The van der Waals surface area contributed by atoms with Crippen LogP contribution in [0.15, 0.2) is 30.7 Å². The number of piperidine rings is 1. The molecule has 4 heterocycles. The summed E-state index contributed by atoms with van der Waals surface area (Å²) < 4.78 is 1.97. The van der Waals surface area contributed by atoms with Crippen LogP contribution in [0.5, 0.6) is 0 Å². The summed E-state index contributed by atoms with van der Waals surface area (Å²) >= 11 is 0. The lowest BCUT2D eigenvalue weighted by Crippen LogP contribution is -2.30. The Morgan fingerprint density at radius 1 is 1.00 bits per heavy atom. The molecular weight excluding hydrogens is 400 g/mol. The van der Waals surface area contributed by atoms with Gasteiger partial charge in [0.15, 0.2) is 5.78 Å². The molecular formula is C25H34N6O. The van der Waals surface area contributed by atoms with E-state index in [1.165, 1.54) is 25.0 Å². The van der Waals surface area contributed by atoms with E-state index in [1.54, 1.807) is 0 Å². The van der Waals surface area contributed by atoms with Crippen LogP contribution in [0, 0.1) is 0 Å². The number of fused-ring (bicyclic) bond motifs is 1. The van der Waals surface area contributed by atoms with E-state index < -0.39 is 0 Å². The fourth-order valence-corrected chi connectivity index (χ4v) is 4.48. The second-order valence-corrected chi connectivity index (χ2v) is 8.73. The van der Waals surface area contributed by atoms with Gasteiger partial charge in [-0.15, -0.1) is 0 Å². The number of Topliss-reactive ketones (excluding diaryl/α,β-unsaturated/α-hetero) is 1. The van der Waals surface area contributed by atoms with Crippen LogP contribution in [-0.4, -0.2) is 68.1 Å². The molecule has 170 valence electrons. The molecule has 0 amide bonds. The summed E-state index contributed by atoms with van der Waals surface area (Å²) in [6.07, 6.45) is 9.84. The number of likely N-dealkylation sites (tertiary alicyclic amines) is 1. The Labute approximate surface area is 190 Å². The molecule has 0 aromatic carbocycles. The zero-order valence-electron chi connectivity index (χ0n) is 19.5. The number of aryl methyl sites for hydroxylation is 1. The summed E-state index contributed by atoms with van der Waals surface area (Å²) in [6.45, 7) is 9.59. The molecule has 32 heavy (non-hydrogen) atoms. The van der Waals surface area contributed by atoms with E-state index in [2.05, 4.69) is 39.8 Å². The van der Waals surface area contributed by atoms with Gasteiger partial charge in [-0.3, -0.25) is 29.2 Å². The largest absolute Gasteiger partial charge is 0.298 e. The van der Waals surface area contributed by atoms with E-state index in [0.717, 1.165) is 60.4 Å². The van der Waals surface area contributed by atoms with E-state index in [-0.39, 0.29) is 5.78 Å². The maximum atomic E-state index is 12.5. The number of carbonyl (C=O) groups is 1. The van der Waals surface area contributed by atoms with E-state index in [9.17, 15) is 4.79 Å². The van der Waals surface area contributed by atoms with Gasteiger partial charge in [0.25, 0.3) is 0 Å². The van der Waals surface area contributed by atoms with Crippen molar-refractivity contribution < 1.29 is 4.79 Å². The van der Waals surface area contributed by atoms with Crippen molar-refractivity contribution in [3.63, 3.8) is 0 Å². The highest BCUT2D eigenvalue weighted by Gasteiger charge is 2.18. The van der Waals surface area contributed by atoms with E-state index >= 15 is 0 Å². The number of hydrogen-bond donors (Lipinski definition) is 0. The fraction of sp³-hybridized carbons (Fsp3) is 0.520. The van der Waals surface area contributed by atoms with Crippen LogP contribution in [-0.2, 0) is 24.8 Å². The number of carbonyl (C=O) groups excluding carboxylic acids is 1. The highest BCUT2D eigenvalue weighted by Crippen LogP contribution is 2.26. The summed E-state index contributed by atoms with van der Waals surface area (Å²) in [7, 11) is 2.01. The molecule has 7 heteroatoms. The minimum absolute atomic E-state index is 0.200. The molecule has 0 radical (unpaired) electrons. The minimum Gasteiger partial charge on any atom is -0.298 e. The molecule has 0 aliphatic carbocycles. The summed E-state index contributed by atoms with van der Waals surface area (Å²) in [6, 6.07) is 4.13. The Hall–Kier alpha value is -2.64. The first-order valence-electron chi connectivity index (χ1n) is 11.8. The third-order valence-electron chi connectivity index (χ3n) is 6.49. The first-order chi connectivity index (χ1) is 15.6. The third-order valence-corrected chi connectivity index (χ3v) is 6.49. The quantitative estimate of drug-likeness (QED) is 0.514. The molecule has 1 aliphatic heterocycles. The number of pyridine rings is 2. The van der Waals surface area contributed by atoms with Gasteiger partial charge >= 0.3 is 0 Å². The first kappa shape index (κ1) is 22.6. The maximum Gasteiger partial charge on any atom is 0.152 e. The molecule has 7 nitrogen and oxygen atoms in total. The van der Waals surface area contributed by atoms with Gasteiger partial charge in [0.2, 0.25) is 0 Å². The summed E-state index contributed by atoms with van der Waals surface area (Å²) in [5.74, 6) is 0.200. The SMILES string of the molecule is CCN(CC)CC(=O)Cc1cc2cc(-c3cnn(C)c3CN3CCCCC3)ncc2cn1. The minimum atomic E-state index is 0.200. The molecule has 1 saturated heterocycles. The molecule has 0 unspecified atom stereocenters. The number of hydrogen-bond acceptors (Lipinski definition) is 6. The maximum absolute atomic E-state index is 12.5. The Balaban J connectivity index is 1.56. The highest BCUT2D eigenvalue weighted by atomic mass is 16.1. The lowest BCUT2D eigenvalue weighted by molar-refractivity contribution is -0.119. The molecule has 3 aromatic heterocycles. The molecule has 0 bridgehead atoms. The van der Waals surface area contributed by atoms with Crippen molar-refractivity contribution in [3.8, 4) is 11.3 Å². The topological polar surface area (TPSA) is 67.2 Å². The molecule has 0 spiro atoms. The predicted octanol–water partition coefficient (Wildman–Crippen LogP) is 3.47. The van der Waals surface area contributed by atoms with Crippen molar-refractivity contribution in [3.05, 3.63) is 42.1 Å². The lowest BCUT2D eigenvalue weighted by atomic mass is 10.1. The van der Waals surface area contributed by atoms with Crippen molar-refractivity contribution in [1.29, 1.82) is 0 Å². The molecule has 3 aromatic rings. The molecule has 4 rings (SSSR count). The number of nitrogens with zero attached hydrogens (tertiary/aromatic N) is 6. The van der Waals surface area contributed by atoms with Gasteiger partial charge < -0.3 is 0 Å². The van der Waals surface area contributed by atoms with Crippen molar-refractivity contribution >= 4 is 16.6 Å². The van der Waals surface area contributed by atoms with Crippen molar-refractivity contribution in [2.24, 2.45) is 7.05 Å². The molecule has 0 N–H and O–H groups in total. The predicted molar refractivity (Wildman–Crippen MR) is 127 cm³/mol. The van der Waals surface area contributed by atoms with Crippen molar-refractivity contribution in [2.75, 3.05) is 32.7 Å². The Morgan fingerprint density at radius 3 is 2.50 bits per heavy atom. The standard InChI is InChI=1S/C25H34N6O/c1-4-30(5-2)17-22(32)13-21-11-19-12-24(27-15-20(19)14-26-21)23-16-28-29(3)25(23)18-31-9-7-6-8-10-31/h11-12,14-16H,4-10,13,17-18H2,1-3H3. The number of ketones is 1. The first-order valence-corrected chi connectivity index (χ1v) is 11.8. The van der Waals surface area contributed by atoms with Crippen LogP contribution in [0.3, 0.4) is 0 Å². The van der Waals surface area contributed by atoms with Gasteiger partial charge in [-0.25, -0.2) is 0 Å². The van der Waals surface area contributed by atoms with Crippen LogP contribution >= 0.6 is 0 Å². The Kier molecular flexibility index (Phi) is 7.27. The summed E-state index contributed by atoms with van der Waals surface area (Å²) in [5, 5.41) is 6.57. The summed E-state index contributed by atoms with van der Waals surface area (Å²) in [4.78, 5) is 26.4. The third kappa shape index (κ3) is 5.22. The average Bonchev–Trinajstić information content (AvgIpc) is 3.17. The van der Waals surface area contributed by atoms with Crippen LogP contribution in [0.25, 0.3) is 22.0 Å². The van der Waals surface area contributed by atoms with Crippen molar-refractivity contribution in [1.82, 2.24) is 29.5 Å². The molecule has 1 aliphatic rings. The normalized spacial score (nSPS) is 15.0. The number of rotatable bonds is 9. The Bertz CT molecular complexity index is 1070. The van der Waals surface area contributed by atoms with Crippen LogP contribution in [0.2, 0.25) is 0 Å². The van der Waals surface area contributed by atoms with Gasteiger partial charge in [0, 0.05) is 42.6 Å². The van der Waals surface area contributed by atoms with E-state index in [0.29, 0.717) is 13.0 Å². The van der Waals surface area contributed by atoms with Gasteiger partial charge in [-0.1, -0.05) is 20.3 Å². The molecule has 0 saturated carbocycles. The lowest BCUT2D eigenvalue weighted by Gasteiger charge is -2.26. The zero-order chi connectivity index (χ0) is 22.5. The zero-order valence-corrected chi connectivity index (χ0v) is 19.5. The number of likely N-dealkylation sites (N-methyl/N-ethyl adjacent to an activating group) is 1. The van der Waals surface area contributed by atoms with Gasteiger partial charge in [-0.2, -0.15) is 5.10 Å². The summed E-state index contributed by atoms with van der Waals surface area (Å²) in [5.41, 5.74) is 4.01. The molecule has 0 atom stereocenters. The van der Waals surface area contributed by atoms with Gasteiger partial charge in [-0.05, 0) is 56.5 Å². The van der Waals surface area contributed by atoms with E-state index in [4.69, 9.17) is 4.98 Å². The smallest absolute Gasteiger partial charge is 0.152 e. The van der Waals surface area contributed by atoms with Gasteiger partial charge in [0.05, 0.1) is 30.6 Å².